The number of hydrogen-bond acceptors (Lipinski definition) is 4. The van der Waals surface area contributed by atoms with Gasteiger partial charge in [-0.2, -0.15) is 0 Å². The number of nitrogens with zero attached hydrogens (tertiary/aromatic N) is 2. The van der Waals surface area contributed by atoms with Gasteiger partial charge in [0.15, 0.2) is 0 Å². The van der Waals surface area contributed by atoms with E-state index >= 15 is 0 Å². The van der Waals surface area contributed by atoms with E-state index < -0.39 is 10.8 Å². The second-order valence-electron chi connectivity index (χ2n) is 3.14. The summed E-state index contributed by atoms with van der Waals surface area (Å²) in [5.41, 5.74) is 0. The Morgan fingerprint density at radius 3 is 3.13 bits per heavy atom. The van der Waals surface area contributed by atoms with Crippen molar-refractivity contribution in [2.24, 2.45) is 0 Å². The Balaban J connectivity index is 2.39. The van der Waals surface area contributed by atoms with Crippen LogP contribution >= 0.6 is 0 Å². The molecule has 0 aliphatic carbocycles. The highest BCUT2D eigenvalue weighted by Crippen LogP contribution is 2.03. The molecule has 1 rings (SSSR count). The van der Waals surface area contributed by atoms with Gasteiger partial charge in [-0.3, -0.25) is 4.21 Å². The van der Waals surface area contributed by atoms with E-state index in [0.717, 1.165) is 12.5 Å². The average Bonchev–Trinajstić information content (AvgIpc) is 2.62. The molecule has 1 aromatic heterocycles. The van der Waals surface area contributed by atoms with Crippen molar-refractivity contribution < 1.29 is 8.95 Å². The molecular weight excluding hydrogens is 214 g/mol. The van der Waals surface area contributed by atoms with E-state index in [1.54, 1.807) is 19.6 Å². The number of nitrogens with one attached hydrogen (secondary N) is 1. The summed E-state index contributed by atoms with van der Waals surface area (Å²) < 4.78 is 17.8. The number of hydrogen-bond donors (Lipinski definition) is 1. The lowest BCUT2D eigenvalue weighted by Crippen LogP contribution is -2.14. The fourth-order valence-corrected chi connectivity index (χ4v) is 1.54. The molecule has 0 bridgehead atoms. The Hall–Kier alpha value is -0.880. The molecule has 0 aromatic carbocycles. The van der Waals surface area contributed by atoms with E-state index in [0.29, 0.717) is 18.9 Å². The first-order valence-electron chi connectivity index (χ1n) is 4.78. The molecule has 0 amide bonds. The summed E-state index contributed by atoms with van der Waals surface area (Å²) in [4.78, 5) is 4.16. The zero-order valence-corrected chi connectivity index (χ0v) is 9.92. The molecule has 1 unspecified atom stereocenters. The van der Waals surface area contributed by atoms with Crippen LogP contribution < -0.4 is 5.32 Å². The van der Waals surface area contributed by atoms with Crippen molar-refractivity contribution in [3.8, 4) is 0 Å². The number of rotatable bonds is 7. The molecule has 15 heavy (non-hydrogen) atoms. The van der Waals surface area contributed by atoms with Gasteiger partial charge in [-0.1, -0.05) is 0 Å². The Morgan fingerprint density at radius 1 is 1.67 bits per heavy atom. The molecule has 1 atom stereocenters. The van der Waals surface area contributed by atoms with Crippen LogP contribution in [-0.2, 0) is 22.1 Å². The maximum atomic E-state index is 10.9. The van der Waals surface area contributed by atoms with Crippen LogP contribution in [0.3, 0.4) is 0 Å². The summed E-state index contributed by atoms with van der Waals surface area (Å²) in [7, 11) is 0.908. The summed E-state index contributed by atoms with van der Waals surface area (Å²) in [6.07, 6.45) is 5.32. The first-order chi connectivity index (χ1) is 7.24. The topological polar surface area (TPSA) is 56.1 Å². The van der Waals surface area contributed by atoms with Crippen molar-refractivity contribution in [1.29, 1.82) is 0 Å². The number of ether oxygens (including phenoxy) is 1. The molecule has 1 heterocycles. The Morgan fingerprint density at radius 2 is 2.47 bits per heavy atom. The second-order valence-corrected chi connectivity index (χ2v) is 4.70. The van der Waals surface area contributed by atoms with E-state index in [1.807, 2.05) is 10.8 Å². The predicted octanol–water partition coefficient (Wildman–Crippen LogP) is 0.320. The van der Waals surface area contributed by atoms with Gasteiger partial charge in [0.05, 0.1) is 6.61 Å². The van der Waals surface area contributed by atoms with Crippen molar-refractivity contribution in [2.45, 2.75) is 6.54 Å². The summed E-state index contributed by atoms with van der Waals surface area (Å²) in [6, 6.07) is 0. The summed E-state index contributed by atoms with van der Waals surface area (Å²) >= 11 is 0. The lowest BCUT2D eigenvalue weighted by Gasteiger charge is -2.08. The zero-order valence-electron chi connectivity index (χ0n) is 9.10. The fraction of sp³-hybridized carbons (Fsp3) is 0.667. The minimum Gasteiger partial charge on any atom is -0.383 e. The third-order valence-electron chi connectivity index (χ3n) is 1.92. The van der Waals surface area contributed by atoms with Crippen molar-refractivity contribution in [1.82, 2.24) is 9.55 Å². The zero-order chi connectivity index (χ0) is 11.1. The molecule has 1 N–H and O–H groups in total. The quantitative estimate of drug-likeness (QED) is 0.734. The molecule has 6 heteroatoms. The maximum Gasteiger partial charge on any atom is 0.202 e. The van der Waals surface area contributed by atoms with Crippen LogP contribution in [0.5, 0.6) is 0 Å². The maximum absolute atomic E-state index is 10.9. The van der Waals surface area contributed by atoms with Crippen molar-refractivity contribution in [3.63, 3.8) is 0 Å². The van der Waals surface area contributed by atoms with Crippen LogP contribution in [0.2, 0.25) is 0 Å². The minimum atomic E-state index is -0.763. The van der Waals surface area contributed by atoms with E-state index in [2.05, 4.69) is 10.3 Å². The number of aromatic nitrogens is 2. The average molecular weight is 231 g/mol. The van der Waals surface area contributed by atoms with E-state index in [4.69, 9.17) is 4.74 Å². The van der Waals surface area contributed by atoms with Crippen LogP contribution in [0, 0.1) is 0 Å². The van der Waals surface area contributed by atoms with E-state index in [-0.39, 0.29) is 0 Å². The largest absolute Gasteiger partial charge is 0.383 e. The number of methoxy groups -OCH3 is 1. The third kappa shape index (κ3) is 4.44. The Kier molecular flexibility index (Phi) is 5.34. The van der Waals surface area contributed by atoms with Gasteiger partial charge >= 0.3 is 0 Å². The molecule has 0 radical (unpaired) electrons. The second kappa shape index (κ2) is 6.58. The molecule has 86 valence electrons. The van der Waals surface area contributed by atoms with Crippen LogP contribution in [0.25, 0.3) is 0 Å². The number of anilines is 1. The Labute approximate surface area is 92.3 Å². The molecule has 0 saturated heterocycles. The van der Waals surface area contributed by atoms with Gasteiger partial charge in [0.25, 0.3) is 0 Å². The van der Waals surface area contributed by atoms with Gasteiger partial charge in [-0.25, -0.2) is 4.98 Å². The van der Waals surface area contributed by atoms with Crippen molar-refractivity contribution in [2.75, 3.05) is 37.6 Å². The normalized spacial score (nSPS) is 12.7. The number of imidazole rings is 1. The van der Waals surface area contributed by atoms with Gasteiger partial charge in [0, 0.05) is 55.4 Å². The molecule has 0 saturated carbocycles. The van der Waals surface area contributed by atoms with Crippen LogP contribution in [0.15, 0.2) is 12.4 Å². The van der Waals surface area contributed by atoms with E-state index in [1.165, 1.54) is 0 Å². The molecule has 0 aliphatic heterocycles. The van der Waals surface area contributed by atoms with Crippen molar-refractivity contribution in [3.05, 3.63) is 12.4 Å². The minimum absolute atomic E-state index is 0.636. The lowest BCUT2D eigenvalue weighted by atomic mass is 10.6. The summed E-state index contributed by atoms with van der Waals surface area (Å²) in [6.45, 7) is 2.10. The first-order valence-corrected chi connectivity index (χ1v) is 6.50. The highest BCUT2D eigenvalue weighted by Gasteiger charge is 2.01. The summed E-state index contributed by atoms with van der Waals surface area (Å²) in [5, 5.41) is 3.14. The standard InChI is InChI=1S/C9H17N3O2S/c1-14-7-6-12-5-3-10-9(12)11-4-8-15(2)13/h3,5H,4,6-8H2,1-2H3,(H,10,11). The fourth-order valence-electron chi connectivity index (χ4n) is 1.15. The smallest absolute Gasteiger partial charge is 0.202 e. The van der Waals surface area contributed by atoms with Crippen molar-refractivity contribution >= 4 is 16.7 Å². The van der Waals surface area contributed by atoms with Gasteiger partial charge in [-0.15, -0.1) is 0 Å². The van der Waals surface area contributed by atoms with E-state index in [9.17, 15) is 4.21 Å². The molecule has 5 nitrogen and oxygen atoms in total. The van der Waals surface area contributed by atoms with Gasteiger partial charge in [0.2, 0.25) is 5.95 Å². The SMILES string of the molecule is COCCn1ccnc1NCCS(C)=O. The summed E-state index contributed by atoms with van der Waals surface area (Å²) in [5.74, 6) is 1.44. The van der Waals surface area contributed by atoms with Gasteiger partial charge < -0.3 is 14.6 Å². The Bertz CT molecular complexity index is 314. The molecule has 0 fully saturated rings. The third-order valence-corrected chi connectivity index (χ3v) is 2.70. The molecular formula is C9H17N3O2S. The van der Waals surface area contributed by atoms with Gasteiger partial charge in [0.1, 0.15) is 0 Å². The van der Waals surface area contributed by atoms with Gasteiger partial charge in [-0.05, 0) is 0 Å². The molecule has 0 aliphatic rings. The highest BCUT2D eigenvalue weighted by atomic mass is 32.2. The van der Waals surface area contributed by atoms with Crippen LogP contribution in [0.4, 0.5) is 5.95 Å². The monoisotopic (exact) mass is 231 g/mol. The highest BCUT2D eigenvalue weighted by molar-refractivity contribution is 7.84. The molecule has 0 spiro atoms. The van der Waals surface area contributed by atoms with Crippen LogP contribution in [-0.4, -0.2) is 46.0 Å². The molecule has 1 aromatic rings. The first kappa shape index (κ1) is 12.2. The predicted molar refractivity (Wildman–Crippen MR) is 61.5 cm³/mol. The lowest BCUT2D eigenvalue weighted by molar-refractivity contribution is 0.187. The van der Waals surface area contributed by atoms with Crippen LogP contribution in [0.1, 0.15) is 0 Å².